The Hall–Kier alpha value is -0.410. The lowest BCUT2D eigenvalue weighted by Crippen LogP contribution is -2.20. The average Bonchev–Trinajstić information content (AvgIpc) is 2.75. The van der Waals surface area contributed by atoms with Gasteiger partial charge >= 0.3 is 0 Å². The molecule has 0 saturated heterocycles. The van der Waals surface area contributed by atoms with Crippen LogP contribution in [-0.4, -0.2) is 0 Å². The van der Waals surface area contributed by atoms with Crippen LogP contribution < -0.4 is 5.73 Å². The van der Waals surface area contributed by atoms with Crippen molar-refractivity contribution in [2.24, 2.45) is 11.7 Å². The van der Waals surface area contributed by atoms with E-state index in [1.165, 1.54) is 12.8 Å². The third-order valence-corrected chi connectivity index (χ3v) is 3.97. The van der Waals surface area contributed by atoms with Gasteiger partial charge in [0.05, 0.1) is 0 Å². The Balaban J connectivity index is 2.31. The van der Waals surface area contributed by atoms with Gasteiger partial charge in [-0.15, -0.1) is 0 Å². The molecule has 0 aliphatic heterocycles. The molecule has 0 bridgehead atoms. The fourth-order valence-electron chi connectivity index (χ4n) is 2.56. The van der Waals surface area contributed by atoms with Crippen LogP contribution >= 0.6 is 15.9 Å². The van der Waals surface area contributed by atoms with Crippen molar-refractivity contribution in [3.05, 3.63) is 33.5 Å². The van der Waals surface area contributed by atoms with Gasteiger partial charge in [-0.3, -0.25) is 0 Å². The summed E-state index contributed by atoms with van der Waals surface area (Å²) in [5.74, 6) is 0.311. The van der Waals surface area contributed by atoms with Crippen molar-refractivity contribution >= 4 is 15.9 Å². The number of halogens is 2. The number of hydrogen-bond donors (Lipinski definition) is 1. The predicted molar refractivity (Wildman–Crippen MR) is 67.7 cm³/mol. The van der Waals surface area contributed by atoms with Crippen LogP contribution in [0.2, 0.25) is 0 Å². The van der Waals surface area contributed by atoms with Gasteiger partial charge in [-0.05, 0) is 43.4 Å². The van der Waals surface area contributed by atoms with Crippen LogP contribution in [0.3, 0.4) is 0 Å². The van der Waals surface area contributed by atoms with Gasteiger partial charge in [-0.2, -0.15) is 0 Å². The highest BCUT2D eigenvalue weighted by Crippen LogP contribution is 2.36. The van der Waals surface area contributed by atoms with Gasteiger partial charge in [-0.1, -0.05) is 28.8 Å². The highest BCUT2D eigenvalue weighted by molar-refractivity contribution is 9.10. The van der Waals surface area contributed by atoms with Gasteiger partial charge in [0, 0.05) is 16.1 Å². The zero-order chi connectivity index (χ0) is 11.7. The normalized spacial score (nSPS) is 19.0. The molecule has 2 N–H and O–H groups in total. The van der Waals surface area contributed by atoms with Gasteiger partial charge in [0.25, 0.3) is 0 Å². The second-order valence-corrected chi connectivity index (χ2v) is 5.61. The first-order valence-electron chi connectivity index (χ1n) is 5.80. The van der Waals surface area contributed by atoms with E-state index in [1.54, 1.807) is 13.0 Å². The Kier molecular flexibility index (Phi) is 3.65. The molecule has 1 nitrogen and oxygen atoms in total. The Morgan fingerprint density at radius 2 is 2.00 bits per heavy atom. The van der Waals surface area contributed by atoms with Crippen LogP contribution in [0.4, 0.5) is 4.39 Å². The van der Waals surface area contributed by atoms with Gasteiger partial charge in [0.15, 0.2) is 0 Å². The Bertz CT molecular complexity index is 386. The minimum atomic E-state index is -0.154. The molecule has 0 spiro atoms. The summed E-state index contributed by atoms with van der Waals surface area (Å²) in [6, 6.07) is 3.46. The lowest BCUT2D eigenvalue weighted by Gasteiger charge is -2.20. The van der Waals surface area contributed by atoms with Gasteiger partial charge < -0.3 is 5.73 Å². The fraction of sp³-hybridized carbons (Fsp3) is 0.538. The van der Waals surface area contributed by atoms with Gasteiger partial charge in [-0.25, -0.2) is 4.39 Å². The van der Waals surface area contributed by atoms with E-state index >= 15 is 0 Å². The van der Waals surface area contributed by atoms with Crippen molar-refractivity contribution in [2.45, 2.75) is 38.6 Å². The molecule has 1 atom stereocenters. The van der Waals surface area contributed by atoms with Crippen molar-refractivity contribution in [3.8, 4) is 0 Å². The summed E-state index contributed by atoms with van der Waals surface area (Å²) in [5, 5.41) is 0. The average molecular weight is 286 g/mol. The van der Waals surface area contributed by atoms with Crippen LogP contribution in [-0.2, 0) is 0 Å². The minimum Gasteiger partial charge on any atom is -0.324 e. The van der Waals surface area contributed by atoms with Crippen LogP contribution in [0.25, 0.3) is 0 Å². The van der Waals surface area contributed by atoms with Crippen molar-refractivity contribution in [3.63, 3.8) is 0 Å². The Labute approximate surface area is 104 Å². The maximum atomic E-state index is 14.0. The predicted octanol–water partition coefficient (Wildman–Crippen LogP) is 4.09. The highest BCUT2D eigenvalue weighted by Gasteiger charge is 2.25. The molecule has 0 heterocycles. The summed E-state index contributed by atoms with van der Waals surface area (Å²) >= 11 is 3.40. The first-order chi connectivity index (χ1) is 7.59. The number of rotatable bonds is 2. The maximum Gasteiger partial charge on any atom is 0.130 e. The first-order valence-corrected chi connectivity index (χ1v) is 6.60. The first kappa shape index (κ1) is 12.1. The molecular weight excluding hydrogens is 269 g/mol. The number of aryl methyl sites for hydroxylation is 1. The van der Waals surface area contributed by atoms with E-state index in [0.29, 0.717) is 17.0 Å². The lowest BCUT2D eigenvalue weighted by molar-refractivity contribution is 0.427. The molecule has 1 aromatic carbocycles. The molecule has 1 aliphatic rings. The zero-order valence-electron chi connectivity index (χ0n) is 9.47. The highest BCUT2D eigenvalue weighted by atomic mass is 79.9. The number of nitrogens with two attached hydrogens (primary N) is 1. The third-order valence-electron chi connectivity index (χ3n) is 3.51. The summed E-state index contributed by atoms with van der Waals surface area (Å²) in [5.41, 5.74) is 7.51. The maximum absolute atomic E-state index is 14.0. The van der Waals surface area contributed by atoms with Crippen molar-refractivity contribution in [1.29, 1.82) is 0 Å². The topological polar surface area (TPSA) is 26.0 Å². The Morgan fingerprint density at radius 3 is 2.62 bits per heavy atom. The standard InChI is InChI=1S/C13H17BrFN/c1-8-6-10(14)7-11(12(8)15)13(16)9-4-2-3-5-9/h6-7,9,13H,2-5,16H2,1H3/t13-/m1/s1. The molecule has 0 amide bonds. The van der Waals surface area contributed by atoms with Crippen molar-refractivity contribution < 1.29 is 4.39 Å². The third kappa shape index (κ3) is 2.30. The summed E-state index contributed by atoms with van der Waals surface area (Å²) < 4.78 is 14.9. The molecule has 1 aliphatic carbocycles. The van der Waals surface area contributed by atoms with Crippen LogP contribution in [0.15, 0.2) is 16.6 Å². The second-order valence-electron chi connectivity index (χ2n) is 4.70. The van der Waals surface area contributed by atoms with E-state index in [9.17, 15) is 4.39 Å². The molecule has 1 aromatic rings. The molecule has 0 radical (unpaired) electrons. The molecule has 0 aromatic heterocycles. The van der Waals surface area contributed by atoms with E-state index < -0.39 is 0 Å². The van der Waals surface area contributed by atoms with E-state index in [4.69, 9.17) is 5.73 Å². The van der Waals surface area contributed by atoms with Crippen molar-refractivity contribution in [2.75, 3.05) is 0 Å². The molecule has 16 heavy (non-hydrogen) atoms. The van der Waals surface area contributed by atoms with E-state index in [0.717, 1.165) is 17.3 Å². The SMILES string of the molecule is Cc1cc(Br)cc([C@H](N)C2CCCC2)c1F. The van der Waals surface area contributed by atoms with Gasteiger partial charge in [0.2, 0.25) is 0 Å². The van der Waals surface area contributed by atoms with Crippen LogP contribution in [0.1, 0.15) is 42.9 Å². The molecule has 3 heteroatoms. The quantitative estimate of drug-likeness (QED) is 0.870. The van der Waals surface area contributed by atoms with E-state index in [1.807, 2.05) is 6.07 Å². The molecule has 0 unspecified atom stereocenters. The summed E-state index contributed by atoms with van der Waals surface area (Å²) in [6.45, 7) is 1.78. The van der Waals surface area contributed by atoms with Gasteiger partial charge in [0.1, 0.15) is 5.82 Å². The zero-order valence-corrected chi connectivity index (χ0v) is 11.1. The monoisotopic (exact) mass is 285 g/mol. The van der Waals surface area contributed by atoms with Crippen LogP contribution in [0, 0.1) is 18.7 Å². The summed E-state index contributed by atoms with van der Waals surface area (Å²) in [7, 11) is 0. The smallest absolute Gasteiger partial charge is 0.130 e. The number of hydrogen-bond acceptors (Lipinski definition) is 1. The second kappa shape index (κ2) is 4.84. The largest absolute Gasteiger partial charge is 0.324 e. The van der Waals surface area contributed by atoms with Crippen molar-refractivity contribution in [1.82, 2.24) is 0 Å². The molecule has 1 saturated carbocycles. The van der Waals surface area contributed by atoms with E-state index in [-0.39, 0.29) is 11.9 Å². The summed E-state index contributed by atoms with van der Waals surface area (Å²) in [4.78, 5) is 0. The van der Waals surface area contributed by atoms with Crippen LogP contribution in [0.5, 0.6) is 0 Å². The minimum absolute atomic E-state index is 0.136. The van der Waals surface area contributed by atoms with E-state index in [2.05, 4.69) is 15.9 Å². The molecule has 88 valence electrons. The molecular formula is C13H17BrFN. The Morgan fingerprint density at radius 1 is 1.38 bits per heavy atom. The molecule has 2 rings (SSSR count). The number of benzene rings is 1. The lowest BCUT2D eigenvalue weighted by atomic mass is 9.91. The molecule has 1 fully saturated rings. The fourth-order valence-corrected chi connectivity index (χ4v) is 3.15. The summed E-state index contributed by atoms with van der Waals surface area (Å²) in [6.07, 6.45) is 4.72.